The molecule has 1 amide bonds. The Kier molecular flexibility index (Phi) is 6.79. The number of nitrogens with zero attached hydrogens (tertiary/aromatic N) is 1. The predicted octanol–water partition coefficient (Wildman–Crippen LogP) is 2.95. The lowest BCUT2D eigenvalue weighted by molar-refractivity contribution is 0.0572. The Morgan fingerprint density at radius 3 is 2.95 bits per heavy atom. The molecule has 1 aromatic rings. The summed E-state index contributed by atoms with van der Waals surface area (Å²) in [5.41, 5.74) is 7.03. The van der Waals surface area contributed by atoms with Gasteiger partial charge in [0.15, 0.2) is 0 Å². The van der Waals surface area contributed by atoms with Gasteiger partial charge in [0.05, 0.1) is 12.2 Å². The number of nitrogens with two attached hydrogens (primary N) is 1. The van der Waals surface area contributed by atoms with Crippen LogP contribution in [0.2, 0.25) is 0 Å². The molecule has 1 aliphatic heterocycles. The summed E-state index contributed by atoms with van der Waals surface area (Å²) in [5, 5.41) is 0. The third-order valence-corrected chi connectivity index (χ3v) is 3.95. The van der Waals surface area contributed by atoms with Crippen molar-refractivity contribution >= 4 is 39.9 Å². The molecule has 1 heterocycles. The van der Waals surface area contributed by atoms with E-state index < -0.39 is 0 Å². The quantitative estimate of drug-likeness (QED) is 0.840. The van der Waals surface area contributed by atoms with Gasteiger partial charge < -0.3 is 15.4 Å². The second-order valence-electron chi connectivity index (χ2n) is 4.95. The molecular formula is C14H20BrClN2O2. The van der Waals surface area contributed by atoms with Gasteiger partial charge in [-0.15, -0.1) is 12.4 Å². The second kappa shape index (κ2) is 7.86. The van der Waals surface area contributed by atoms with Crippen LogP contribution in [0.3, 0.4) is 0 Å². The van der Waals surface area contributed by atoms with Crippen LogP contribution in [0.25, 0.3) is 0 Å². The van der Waals surface area contributed by atoms with Gasteiger partial charge in [-0.05, 0) is 37.0 Å². The Balaban J connectivity index is 0.00000200. The van der Waals surface area contributed by atoms with Crippen molar-refractivity contribution in [2.75, 3.05) is 32.5 Å². The van der Waals surface area contributed by atoms with Crippen molar-refractivity contribution in [1.29, 1.82) is 0 Å². The van der Waals surface area contributed by atoms with Crippen LogP contribution in [0.4, 0.5) is 5.69 Å². The predicted molar refractivity (Wildman–Crippen MR) is 86.3 cm³/mol. The number of amides is 1. The maximum absolute atomic E-state index is 12.5. The first-order valence-corrected chi connectivity index (χ1v) is 7.24. The van der Waals surface area contributed by atoms with E-state index in [2.05, 4.69) is 15.9 Å². The number of halogens is 2. The highest BCUT2D eigenvalue weighted by Crippen LogP contribution is 2.23. The number of hydrogen-bond acceptors (Lipinski definition) is 3. The van der Waals surface area contributed by atoms with Crippen LogP contribution in [0.1, 0.15) is 23.2 Å². The Morgan fingerprint density at radius 1 is 1.55 bits per heavy atom. The fraction of sp³-hybridized carbons (Fsp3) is 0.500. The van der Waals surface area contributed by atoms with E-state index >= 15 is 0 Å². The number of likely N-dealkylation sites (tertiary alicyclic amines) is 1. The van der Waals surface area contributed by atoms with E-state index in [0.717, 1.165) is 30.4 Å². The normalized spacial score (nSPS) is 18.5. The van der Waals surface area contributed by atoms with Crippen molar-refractivity contribution in [3.63, 3.8) is 0 Å². The number of nitrogen functional groups attached to an aromatic ring is 1. The highest BCUT2D eigenvalue weighted by molar-refractivity contribution is 9.10. The molecule has 4 nitrogen and oxygen atoms in total. The molecule has 1 atom stereocenters. The number of carbonyl (C=O) groups is 1. The van der Waals surface area contributed by atoms with Gasteiger partial charge in [-0.1, -0.05) is 15.9 Å². The third-order valence-electron chi connectivity index (χ3n) is 3.45. The topological polar surface area (TPSA) is 55.6 Å². The summed E-state index contributed by atoms with van der Waals surface area (Å²) in [6, 6.07) is 5.39. The largest absolute Gasteiger partial charge is 0.398 e. The van der Waals surface area contributed by atoms with E-state index in [1.54, 1.807) is 19.2 Å². The maximum Gasteiger partial charge on any atom is 0.255 e. The van der Waals surface area contributed by atoms with Crippen molar-refractivity contribution in [2.24, 2.45) is 5.92 Å². The molecule has 1 aromatic carbocycles. The number of rotatable bonds is 3. The van der Waals surface area contributed by atoms with Crippen LogP contribution in [-0.4, -0.2) is 37.6 Å². The van der Waals surface area contributed by atoms with Crippen LogP contribution in [-0.2, 0) is 4.74 Å². The van der Waals surface area contributed by atoms with Crippen molar-refractivity contribution in [1.82, 2.24) is 4.90 Å². The van der Waals surface area contributed by atoms with Gasteiger partial charge in [0, 0.05) is 30.4 Å². The molecule has 1 fully saturated rings. The lowest BCUT2D eigenvalue weighted by atomic mass is 9.98. The van der Waals surface area contributed by atoms with Crippen molar-refractivity contribution in [2.45, 2.75) is 12.8 Å². The van der Waals surface area contributed by atoms with E-state index in [9.17, 15) is 4.79 Å². The van der Waals surface area contributed by atoms with Gasteiger partial charge in [0.25, 0.3) is 5.91 Å². The summed E-state index contributed by atoms with van der Waals surface area (Å²) in [6.07, 6.45) is 2.14. The number of hydrogen-bond donors (Lipinski definition) is 1. The van der Waals surface area contributed by atoms with Crippen molar-refractivity contribution in [3.8, 4) is 0 Å². The Morgan fingerprint density at radius 2 is 2.30 bits per heavy atom. The molecule has 0 aromatic heterocycles. The zero-order chi connectivity index (χ0) is 13.8. The number of piperidine rings is 1. The molecular weight excluding hydrogens is 344 g/mol. The molecule has 2 N–H and O–H groups in total. The highest BCUT2D eigenvalue weighted by Gasteiger charge is 2.25. The summed E-state index contributed by atoms with van der Waals surface area (Å²) >= 11 is 3.35. The fourth-order valence-corrected chi connectivity index (χ4v) is 2.90. The lowest BCUT2D eigenvalue weighted by Gasteiger charge is -2.32. The Hall–Kier alpha value is -0.780. The summed E-state index contributed by atoms with van der Waals surface area (Å²) < 4.78 is 6.07. The monoisotopic (exact) mass is 362 g/mol. The van der Waals surface area contributed by atoms with Crippen LogP contribution >= 0.6 is 28.3 Å². The minimum atomic E-state index is 0. The Bertz CT molecular complexity index is 468. The number of benzene rings is 1. The Labute approximate surface area is 134 Å². The fourth-order valence-electron chi connectivity index (χ4n) is 2.52. The summed E-state index contributed by atoms with van der Waals surface area (Å²) in [4.78, 5) is 14.4. The summed E-state index contributed by atoms with van der Waals surface area (Å²) in [6.45, 7) is 2.26. The summed E-state index contributed by atoms with van der Waals surface area (Å²) in [5.74, 6) is 0.449. The number of methoxy groups -OCH3 is 1. The smallest absolute Gasteiger partial charge is 0.255 e. The lowest BCUT2D eigenvalue weighted by Crippen LogP contribution is -2.41. The minimum Gasteiger partial charge on any atom is -0.398 e. The van der Waals surface area contributed by atoms with E-state index in [-0.39, 0.29) is 18.3 Å². The molecule has 2 rings (SSSR count). The van der Waals surface area contributed by atoms with Crippen LogP contribution in [0, 0.1) is 5.92 Å². The van der Waals surface area contributed by atoms with Gasteiger partial charge in [-0.2, -0.15) is 0 Å². The van der Waals surface area contributed by atoms with Gasteiger partial charge in [0.2, 0.25) is 0 Å². The second-order valence-corrected chi connectivity index (χ2v) is 5.86. The van der Waals surface area contributed by atoms with E-state index in [0.29, 0.717) is 23.8 Å². The number of anilines is 1. The van der Waals surface area contributed by atoms with Crippen LogP contribution < -0.4 is 5.73 Å². The highest BCUT2D eigenvalue weighted by atomic mass is 79.9. The molecule has 0 spiro atoms. The third kappa shape index (κ3) is 4.11. The zero-order valence-corrected chi connectivity index (χ0v) is 13.9. The maximum atomic E-state index is 12.5. The average molecular weight is 364 g/mol. The number of ether oxygens (including phenoxy) is 1. The summed E-state index contributed by atoms with van der Waals surface area (Å²) in [7, 11) is 1.70. The van der Waals surface area contributed by atoms with Gasteiger partial charge in [-0.25, -0.2) is 0 Å². The SMILES string of the molecule is COCC1CCCN(C(=O)c2ccc(Br)cc2N)C1.Cl. The van der Waals surface area contributed by atoms with Crippen molar-refractivity contribution < 1.29 is 9.53 Å². The first kappa shape index (κ1) is 17.3. The zero-order valence-electron chi connectivity index (χ0n) is 11.5. The van der Waals surface area contributed by atoms with Gasteiger partial charge >= 0.3 is 0 Å². The van der Waals surface area contributed by atoms with Gasteiger partial charge in [0.1, 0.15) is 0 Å². The first-order valence-electron chi connectivity index (χ1n) is 6.45. The van der Waals surface area contributed by atoms with E-state index in [1.807, 2.05) is 11.0 Å². The first-order chi connectivity index (χ1) is 9.11. The molecule has 20 heavy (non-hydrogen) atoms. The molecule has 112 valence electrons. The van der Waals surface area contributed by atoms with Crippen molar-refractivity contribution in [3.05, 3.63) is 28.2 Å². The van der Waals surface area contributed by atoms with Crippen LogP contribution in [0.15, 0.2) is 22.7 Å². The van der Waals surface area contributed by atoms with E-state index in [1.165, 1.54) is 0 Å². The molecule has 1 unspecified atom stereocenters. The minimum absolute atomic E-state index is 0. The molecule has 1 saturated heterocycles. The average Bonchev–Trinajstić information content (AvgIpc) is 2.39. The molecule has 6 heteroatoms. The molecule has 0 aliphatic carbocycles. The van der Waals surface area contributed by atoms with Crippen LogP contribution in [0.5, 0.6) is 0 Å². The standard InChI is InChI=1S/C14H19BrN2O2.ClH/c1-19-9-10-3-2-6-17(8-10)14(18)12-5-4-11(15)7-13(12)16;/h4-5,7,10H,2-3,6,8-9,16H2,1H3;1H. The van der Waals surface area contributed by atoms with Gasteiger partial charge in [-0.3, -0.25) is 4.79 Å². The molecule has 0 bridgehead atoms. The molecule has 0 radical (unpaired) electrons. The molecule has 1 aliphatic rings. The van der Waals surface area contributed by atoms with E-state index in [4.69, 9.17) is 10.5 Å². The number of carbonyl (C=O) groups excluding carboxylic acids is 1. The molecule has 0 saturated carbocycles.